The first-order chi connectivity index (χ1) is 17.0. The summed E-state index contributed by atoms with van der Waals surface area (Å²) < 4.78 is 10.7. The maximum atomic E-state index is 13.2. The number of benzene rings is 1. The Kier molecular flexibility index (Phi) is 7.04. The minimum Gasteiger partial charge on any atom is -0.497 e. The predicted octanol–water partition coefficient (Wildman–Crippen LogP) is 6.21. The van der Waals surface area contributed by atoms with Gasteiger partial charge in [-0.15, -0.1) is 0 Å². The number of methoxy groups -OCH3 is 1. The van der Waals surface area contributed by atoms with E-state index in [0.29, 0.717) is 42.4 Å². The molecule has 5 atom stereocenters. The molecule has 5 nitrogen and oxygen atoms in total. The van der Waals surface area contributed by atoms with Crippen molar-refractivity contribution in [2.45, 2.75) is 83.6 Å². The molecule has 1 amide bonds. The molecular weight excluding hydrogens is 438 g/mol. The van der Waals surface area contributed by atoms with E-state index < -0.39 is 0 Å². The van der Waals surface area contributed by atoms with Crippen LogP contribution in [0.25, 0.3) is 0 Å². The van der Waals surface area contributed by atoms with Crippen LogP contribution in [0.1, 0.15) is 87.5 Å². The van der Waals surface area contributed by atoms with Gasteiger partial charge in [-0.3, -0.25) is 9.59 Å². The zero-order chi connectivity index (χ0) is 24.4. The fourth-order valence-corrected chi connectivity index (χ4v) is 7.57. The number of nitrogens with one attached hydrogen (secondary N) is 1. The molecule has 5 heteroatoms. The van der Waals surface area contributed by atoms with Crippen LogP contribution in [-0.4, -0.2) is 18.8 Å². The van der Waals surface area contributed by atoms with Crippen molar-refractivity contribution in [3.05, 3.63) is 53.5 Å². The van der Waals surface area contributed by atoms with Crippen molar-refractivity contribution in [3.63, 3.8) is 0 Å². The summed E-state index contributed by atoms with van der Waals surface area (Å²) in [7, 11) is 1.74. The van der Waals surface area contributed by atoms with Gasteiger partial charge in [0.15, 0.2) is 0 Å². The van der Waals surface area contributed by atoms with Crippen molar-refractivity contribution in [1.29, 1.82) is 0 Å². The lowest BCUT2D eigenvalue weighted by Crippen LogP contribution is -2.44. The van der Waals surface area contributed by atoms with E-state index in [0.717, 1.165) is 62.9 Å². The molecule has 2 saturated carbocycles. The number of furan rings is 1. The van der Waals surface area contributed by atoms with Crippen LogP contribution in [0, 0.1) is 23.2 Å². The number of aryl methyl sites for hydroxylation is 1. The number of unbranched alkanes of at least 4 members (excludes halogenated alkanes) is 2. The van der Waals surface area contributed by atoms with Gasteiger partial charge in [0.05, 0.1) is 19.9 Å². The fraction of sp³-hybridized carbons (Fsp3) is 0.600. The molecular formula is C30H39NO4. The quantitative estimate of drug-likeness (QED) is 0.436. The largest absolute Gasteiger partial charge is 0.497 e. The van der Waals surface area contributed by atoms with Crippen LogP contribution in [0.3, 0.4) is 0 Å². The summed E-state index contributed by atoms with van der Waals surface area (Å²) in [5, 5.41) is 2.93. The Bertz CT molecular complexity index is 1040. The number of Topliss-reactive ketones (excluding diaryl/α,β-unsaturated/α-hetero) is 1. The van der Waals surface area contributed by atoms with Crippen LogP contribution in [0.15, 0.2) is 41.0 Å². The minimum atomic E-state index is -0.137. The van der Waals surface area contributed by atoms with E-state index in [2.05, 4.69) is 30.4 Å². The Labute approximate surface area is 209 Å². The van der Waals surface area contributed by atoms with Crippen LogP contribution >= 0.6 is 0 Å². The van der Waals surface area contributed by atoms with E-state index in [-0.39, 0.29) is 11.3 Å². The lowest BCUT2D eigenvalue weighted by atomic mass is 9.54. The minimum absolute atomic E-state index is 0.0812. The Morgan fingerprint density at radius 1 is 1.20 bits per heavy atom. The first-order valence-corrected chi connectivity index (χ1v) is 13.5. The van der Waals surface area contributed by atoms with Crippen LogP contribution in [0.5, 0.6) is 5.75 Å². The molecule has 0 bridgehead atoms. The summed E-state index contributed by atoms with van der Waals surface area (Å²) >= 11 is 0. The second-order valence-corrected chi connectivity index (χ2v) is 11.2. The number of hydrogen-bond acceptors (Lipinski definition) is 4. The highest BCUT2D eigenvalue weighted by Crippen LogP contribution is 2.62. The molecule has 0 saturated heterocycles. The summed E-state index contributed by atoms with van der Waals surface area (Å²) in [6.07, 6.45) is 11.5. The Morgan fingerprint density at radius 3 is 2.89 bits per heavy atom. The van der Waals surface area contributed by atoms with Crippen molar-refractivity contribution in [2.75, 3.05) is 7.11 Å². The molecule has 3 unspecified atom stereocenters. The lowest BCUT2D eigenvalue weighted by molar-refractivity contribution is -0.129. The maximum absolute atomic E-state index is 13.2. The number of hydrogen-bond donors (Lipinski definition) is 1. The van der Waals surface area contributed by atoms with E-state index in [1.54, 1.807) is 13.4 Å². The normalized spacial score (nSPS) is 29.3. The van der Waals surface area contributed by atoms with Crippen LogP contribution < -0.4 is 10.1 Å². The summed E-state index contributed by atoms with van der Waals surface area (Å²) in [5.41, 5.74) is 2.81. The van der Waals surface area contributed by atoms with Gasteiger partial charge in [0, 0.05) is 18.3 Å². The molecule has 1 aromatic heterocycles. The van der Waals surface area contributed by atoms with Gasteiger partial charge in [0.1, 0.15) is 17.3 Å². The van der Waals surface area contributed by atoms with E-state index in [9.17, 15) is 9.59 Å². The van der Waals surface area contributed by atoms with E-state index in [1.807, 2.05) is 12.1 Å². The zero-order valence-corrected chi connectivity index (χ0v) is 21.2. The number of fused-ring (bicyclic) bond motifs is 5. The Balaban J connectivity index is 1.16. The first kappa shape index (κ1) is 24.1. The topological polar surface area (TPSA) is 68.5 Å². The van der Waals surface area contributed by atoms with Gasteiger partial charge in [0.2, 0.25) is 5.91 Å². The SMILES string of the molecule is COc1ccc2c(c1)CCC1C2CC[C@]2(C)C(=O)C[C@@H](CCCCCC(=O)NCc3ccco3)C12. The van der Waals surface area contributed by atoms with Crippen molar-refractivity contribution >= 4 is 11.7 Å². The highest BCUT2D eigenvalue weighted by Gasteiger charge is 2.58. The molecule has 3 aliphatic rings. The van der Waals surface area contributed by atoms with Crippen LogP contribution in [0.2, 0.25) is 0 Å². The monoisotopic (exact) mass is 477 g/mol. The van der Waals surface area contributed by atoms with Gasteiger partial charge in [-0.1, -0.05) is 25.8 Å². The molecule has 5 rings (SSSR count). The summed E-state index contributed by atoms with van der Waals surface area (Å²) in [5.74, 6) is 4.50. The molecule has 1 heterocycles. The van der Waals surface area contributed by atoms with Crippen molar-refractivity contribution in [3.8, 4) is 5.75 Å². The van der Waals surface area contributed by atoms with E-state index in [1.165, 1.54) is 17.5 Å². The summed E-state index contributed by atoms with van der Waals surface area (Å²) in [6.45, 7) is 2.72. The second-order valence-electron chi connectivity index (χ2n) is 11.2. The number of amides is 1. The van der Waals surface area contributed by atoms with Gasteiger partial charge in [0.25, 0.3) is 0 Å². The molecule has 2 aromatic rings. The number of carbonyl (C=O) groups excluding carboxylic acids is 2. The second kappa shape index (κ2) is 10.2. The van der Waals surface area contributed by atoms with Gasteiger partial charge in [-0.2, -0.15) is 0 Å². The fourth-order valence-electron chi connectivity index (χ4n) is 7.57. The average molecular weight is 478 g/mol. The van der Waals surface area contributed by atoms with Crippen LogP contribution in [0.4, 0.5) is 0 Å². The third-order valence-electron chi connectivity index (χ3n) is 9.30. The van der Waals surface area contributed by atoms with Crippen LogP contribution in [-0.2, 0) is 22.6 Å². The molecule has 188 valence electrons. The molecule has 0 aliphatic heterocycles. The third kappa shape index (κ3) is 4.79. The lowest BCUT2D eigenvalue weighted by Gasteiger charge is -2.50. The molecule has 1 aromatic carbocycles. The molecule has 1 N–H and O–H groups in total. The van der Waals surface area contributed by atoms with Crippen molar-refractivity contribution in [1.82, 2.24) is 5.32 Å². The van der Waals surface area contributed by atoms with E-state index in [4.69, 9.17) is 9.15 Å². The first-order valence-electron chi connectivity index (χ1n) is 13.5. The number of ether oxygens (including phenoxy) is 1. The average Bonchev–Trinajstić information content (AvgIpc) is 3.48. The van der Waals surface area contributed by atoms with Crippen molar-refractivity contribution in [2.24, 2.45) is 23.2 Å². The van der Waals surface area contributed by atoms with Gasteiger partial charge >= 0.3 is 0 Å². The summed E-state index contributed by atoms with van der Waals surface area (Å²) in [6, 6.07) is 10.3. The van der Waals surface area contributed by atoms with Crippen molar-refractivity contribution < 1.29 is 18.7 Å². The number of rotatable bonds is 9. The standard InChI is InChI=1S/C30H39NO4/c1-30-15-14-25-24-13-11-22(34-2)17-20(24)10-12-26(25)29(30)21(18-27(30)32)7-4-3-5-9-28(33)31-19-23-8-6-16-35-23/h6,8,11,13,16-17,21,25-26,29H,3-5,7,9-10,12,14-15,18-19H2,1-2H3,(H,31,33)/t21-,25?,26?,29?,30-/m1/s1. The zero-order valence-electron chi connectivity index (χ0n) is 21.2. The number of carbonyl (C=O) groups is 2. The van der Waals surface area contributed by atoms with Gasteiger partial charge < -0.3 is 14.5 Å². The Hall–Kier alpha value is -2.56. The van der Waals surface area contributed by atoms with E-state index >= 15 is 0 Å². The van der Waals surface area contributed by atoms with Gasteiger partial charge in [-0.25, -0.2) is 0 Å². The summed E-state index contributed by atoms with van der Waals surface area (Å²) in [4.78, 5) is 25.3. The Morgan fingerprint density at radius 2 is 2.09 bits per heavy atom. The number of ketones is 1. The third-order valence-corrected chi connectivity index (χ3v) is 9.30. The molecule has 3 aliphatic carbocycles. The smallest absolute Gasteiger partial charge is 0.220 e. The highest BCUT2D eigenvalue weighted by atomic mass is 16.5. The van der Waals surface area contributed by atoms with Gasteiger partial charge in [-0.05, 0) is 97.6 Å². The molecule has 2 fully saturated rings. The molecule has 35 heavy (non-hydrogen) atoms. The predicted molar refractivity (Wildman–Crippen MR) is 135 cm³/mol. The molecule has 0 radical (unpaired) electrons. The maximum Gasteiger partial charge on any atom is 0.220 e. The highest BCUT2D eigenvalue weighted by molar-refractivity contribution is 5.87. The molecule has 0 spiro atoms.